The summed E-state index contributed by atoms with van der Waals surface area (Å²) in [6, 6.07) is 10.2. The lowest BCUT2D eigenvalue weighted by Crippen LogP contribution is -2.43. The first-order valence-electron chi connectivity index (χ1n) is 8.33. The molecular formula is C17H28N4O2. The summed E-state index contributed by atoms with van der Waals surface area (Å²) in [6.07, 6.45) is 0.929. The van der Waals surface area contributed by atoms with Gasteiger partial charge in [-0.25, -0.2) is 0 Å². The number of carbonyl (C=O) groups excluding carboxylic acids is 1. The largest absolute Gasteiger partial charge is 0.361 e. The molecule has 1 aliphatic heterocycles. The van der Waals surface area contributed by atoms with Crippen molar-refractivity contribution < 1.29 is 9.53 Å². The summed E-state index contributed by atoms with van der Waals surface area (Å²) in [6.45, 7) is 8.16. The quantitative estimate of drug-likeness (QED) is 0.755. The fourth-order valence-corrected chi connectivity index (χ4v) is 2.49. The van der Waals surface area contributed by atoms with Gasteiger partial charge in [0.05, 0.1) is 13.3 Å². The Kier molecular flexibility index (Phi) is 8.65. The number of nitrogens with zero attached hydrogens (tertiary/aromatic N) is 2. The molecule has 0 spiro atoms. The number of ether oxygens (including phenoxy) is 1. The molecule has 0 saturated carbocycles. The van der Waals surface area contributed by atoms with E-state index >= 15 is 0 Å². The minimum atomic E-state index is 0.638. The molecule has 1 fully saturated rings. The van der Waals surface area contributed by atoms with Crippen LogP contribution in [-0.2, 0) is 16.1 Å². The molecule has 23 heavy (non-hydrogen) atoms. The molecule has 1 aliphatic rings. The monoisotopic (exact) mass is 320 g/mol. The summed E-state index contributed by atoms with van der Waals surface area (Å²) >= 11 is 0. The minimum Gasteiger partial charge on any atom is -0.361 e. The van der Waals surface area contributed by atoms with E-state index in [-0.39, 0.29) is 0 Å². The Morgan fingerprint density at radius 3 is 2.17 bits per heavy atom. The third kappa shape index (κ3) is 7.56. The van der Waals surface area contributed by atoms with E-state index in [4.69, 9.17) is 4.74 Å². The Hall–Kier alpha value is -1.47. The lowest BCUT2D eigenvalue weighted by molar-refractivity contribution is -0.118. The highest BCUT2D eigenvalue weighted by Crippen LogP contribution is 2.01. The molecule has 1 amide bonds. The van der Waals surface area contributed by atoms with Gasteiger partial charge < -0.3 is 20.3 Å². The summed E-state index contributed by atoms with van der Waals surface area (Å²) in [5.74, 6) is 0. The number of carbonyl (C=O) groups is 1. The Bertz CT molecular complexity index is 416. The van der Waals surface area contributed by atoms with Crippen LogP contribution in [0.1, 0.15) is 5.56 Å². The van der Waals surface area contributed by atoms with Crippen molar-refractivity contribution in [3.63, 3.8) is 0 Å². The Morgan fingerprint density at radius 2 is 1.57 bits per heavy atom. The summed E-state index contributed by atoms with van der Waals surface area (Å²) < 4.78 is 5.83. The zero-order valence-corrected chi connectivity index (χ0v) is 13.7. The van der Waals surface area contributed by atoms with Gasteiger partial charge >= 0.3 is 0 Å². The van der Waals surface area contributed by atoms with Crippen LogP contribution in [0.3, 0.4) is 0 Å². The number of benzene rings is 1. The lowest BCUT2D eigenvalue weighted by atomic mass is 10.2. The fraction of sp³-hybridized carbons (Fsp3) is 0.588. The van der Waals surface area contributed by atoms with E-state index in [9.17, 15) is 4.79 Å². The topological polar surface area (TPSA) is 56.8 Å². The first-order valence-corrected chi connectivity index (χ1v) is 8.33. The summed E-state index contributed by atoms with van der Waals surface area (Å²) in [5.41, 5.74) is 1.20. The highest BCUT2D eigenvalue weighted by Gasteiger charge is 2.07. The van der Waals surface area contributed by atoms with Gasteiger partial charge in [-0.1, -0.05) is 30.3 Å². The van der Waals surface area contributed by atoms with Crippen LogP contribution in [0.25, 0.3) is 0 Å². The number of hydrogen-bond acceptors (Lipinski definition) is 5. The molecule has 1 aromatic rings. The second kappa shape index (κ2) is 11.1. The van der Waals surface area contributed by atoms with Gasteiger partial charge in [0.2, 0.25) is 6.41 Å². The molecule has 1 aromatic carbocycles. The van der Waals surface area contributed by atoms with Crippen molar-refractivity contribution in [1.29, 1.82) is 0 Å². The molecule has 0 aliphatic carbocycles. The smallest absolute Gasteiger partial charge is 0.209 e. The van der Waals surface area contributed by atoms with Crippen LogP contribution in [-0.4, -0.2) is 75.3 Å². The van der Waals surface area contributed by atoms with Crippen LogP contribution in [0.2, 0.25) is 0 Å². The molecule has 2 N–H and O–H groups in total. The van der Waals surface area contributed by atoms with Gasteiger partial charge in [-0.2, -0.15) is 0 Å². The fourth-order valence-electron chi connectivity index (χ4n) is 2.49. The molecule has 0 aromatic heterocycles. The van der Waals surface area contributed by atoms with E-state index in [1.807, 2.05) is 23.1 Å². The standard InChI is InChI=1S/C17H28N4O2/c22-15-20-10-6-18-8-12-21(13-9-19-7-11-20)16-23-14-17-4-2-1-3-5-17/h1-5,15,18-19H,6-14,16H2. The maximum Gasteiger partial charge on any atom is 0.209 e. The molecule has 128 valence electrons. The van der Waals surface area contributed by atoms with Crippen molar-refractivity contribution >= 4 is 6.41 Å². The van der Waals surface area contributed by atoms with E-state index < -0.39 is 0 Å². The molecular weight excluding hydrogens is 292 g/mol. The van der Waals surface area contributed by atoms with Crippen LogP contribution in [0, 0.1) is 0 Å². The van der Waals surface area contributed by atoms with Gasteiger partial charge in [-0.15, -0.1) is 0 Å². The highest BCUT2D eigenvalue weighted by atomic mass is 16.5. The van der Waals surface area contributed by atoms with E-state index in [1.165, 1.54) is 5.56 Å². The Labute approximate surface area is 138 Å². The van der Waals surface area contributed by atoms with Crippen molar-refractivity contribution in [2.45, 2.75) is 6.61 Å². The average molecular weight is 320 g/mol. The van der Waals surface area contributed by atoms with Crippen molar-refractivity contribution in [1.82, 2.24) is 20.4 Å². The Morgan fingerprint density at radius 1 is 0.957 bits per heavy atom. The third-order valence-corrected chi connectivity index (χ3v) is 3.90. The predicted molar refractivity (Wildman–Crippen MR) is 91.0 cm³/mol. The maximum atomic E-state index is 10.9. The van der Waals surface area contributed by atoms with Crippen LogP contribution in [0.15, 0.2) is 30.3 Å². The number of nitrogens with one attached hydrogen (secondary N) is 2. The number of amides is 1. The molecule has 0 radical (unpaired) electrons. The molecule has 1 heterocycles. The first kappa shape index (κ1) is 17.9. The predicted octanol–water partition coefficient (Wildman–Crippen LogP) is 0.114. The van der Waals surface area contributed by atoms with Gasteiger partial charge in [-0.05, 0) is 5.56 Å². The first-order chi connectivity index (χ1) is 11.4. The SMILES string of the molecule is O=CN1CCNCCN(COCc2ccccc2)CCNCC1. The van der Waals surface area contributed by atoms with E-state index in [1.54, 1.807) is 0 Å². The van der Waals surface area contributed by atoms with Crippen molar-refractivity contribution in [3.8, 4) is 0 Å². The summed E-state index contributed by atoms with van der Waals surface area (Å²) in [5, 5.41) is 6.77. The molecule has 6 heteroatoms. The van der Waals surface area contributed by atoms with Gasteiger partial charge in [0.15, 0.2) is 0 Å². The summed E-state index contributed by atoms with van der Waals surface area (Å²) in [7, 11) is 0. The number of hydrogen-bond donors (Lipinski definition) is 2. The van der Waals surface area contributed by atoms with Gasteiger partial charge in [0.25, 0.3) is 0 Å². The van der Waals surface area contributed by atoms with E-state index in [0.717, 1.165) is 58.8 Å². The van der Waals surface area contributed by atoms with Gasteiger partial charge in [0.1, 0.15) is 0 Å². The maximum absolute atomic E-state index is 10.9. The van der Waals surface area contributed by atoms with Crippen LogP contribution < -0.4 is 10.6 Å². The second-order valence-corrected chi connectivity index (χ2v) is 5.72. The average Bonchev–Trinajstić information content (AvgIpc) is 2.58. The molecule has 6 nitrogen and oxygen atoms in total. The zero-order chi connectivity index (χ0) is 16.2. The van der Waals surface area contributed by atoms with Crippen LogP contribution in [0.5, 0.6) is 0 Å². The highest BCUT2D eigenvalue weighted by molar-refractivity contribution is 5.46. The molecule has 1 saturated heterocycles. The zero-order valence-electron chi connectivity index (χ0n) is 13.7. The lowest BCUT2D eigenvalue weighted by Gasteiger charge is -2.25. The second-order valence-electron chi connectivity index (χ2n) is 5.72. The van der Waals surface area contributed by atoms with Crippen molar-refractivity contribution in [2.75, 3.05) is 59.1 Å². The normalized spacial score (nSPS) is 18.9. The molecule has 0 unspecified atom stereocenters. The van der Waals surface area contributed by atoms with E-state index in [0.29, 0.717) is 13.3 Å². The molecule has 2 rings (SSSR count). The minimum absolute atomic E-state index is 0.638. The Balaban J connectivity index is 1.69. The molecule has 0 atom stereocenters. The third-order valence-electron chi connectivity index (χ3n) is 3.90. The van der Waals surface area contributed by atoms with Crippen LogP contribution >= 0.6 is 0 Å². The molecule has 0 bridgehead atoms. The van der Waals surface area contributed by atoms with Crippen molar-refractivity contribution in [2.24, 2.45) is 0 Å². The van der Waals surface area contributed by atoms with Gasteiger partial charge in [0, 0.05) is 52.4 Å². The number of rotatable bonds is 5. The summed E-state index contributed by atoms with van der Waals surface area (Å²) in [4.78, 5) is 15.0. The van der Waals surface area contributed by atoms with Crippen molar-refractivity contribution in [3.05, 3.63) is 35.9 Å². The van der Waals surface area contributed by atoms with Gasteiger partial charge in [-0.3, -0.25) is 9.69 Å². The van der Waals surface area contributed by atoms with Crippen LogP contribution in [0.4, 0.5) is 0 Å². The van der Waals surface area contributed by atoms with E-state index in [2.05, 4.69) is 27.7 Å².